The first kappa shape index (κ1) is 18.8. The van der Waals surface area contributed by atoms with E-state index in [1.54, 1.807) is 17.6 Å². The molecule has 1 aromatic carbocycles. The molecule has 4 heterocycles. The van der Waals surface area contributed by atoms with Crippen LogP contribution < -0.4 is 10.6 Å². The number of nitrogens with two attached hydrogens (primary N) is 1. The minimum atomic E-state index is -0.437. The summed E-state index contributed by atoms with van der Waals surface area (Å²) < 4.78 is 5.66. The molecular formula is C25H18N4O2S. The lowest BCUT2D eigenvalue weighted by Crippen LogP contribution is -2.40. The standard InChI is InChI=1S/C25H18N4O2S/c26-13-16-22(21-8-4-10-32-21)23-18(11-14(12-19(23)30)20-7-3-9-31-20)29-17-6-2-1-5-15(17)24(27)28-25(16)29/h1-10,14,22H,11-12H2,(H2,27,28)/t14-,22-/m0/s1. The number of Topliss-reactive ketones (excluding diaryl/α,β-unsaturated/α-hetero) is 1. The molecule has 3 aliphatic rings. The van der Waals surface area contributed by atoms with Crippen molar-refractivity contribution in [2.24, 2.45) is 10.7 Å². The van der Waals surface area contributed by atoms with Gasteiger partial charge < -0.3 is 10.2 Å². The zero-order chi connectivity index (χ0) is 21.8. The predicted octanol–water partition coefficient (Wildman–Crippen LogP) is 4.80. The fraction of sp³-hybridized carbons (Fsp3) is 0.160. The molecule has 2 atom stereocenters. The van der Waals surface area contributed by atoms with Gasteiger partial charge in [-0.2, -0.15) is 5.26 Å². The van der Waals surface area contributed by atoms with Crippen LogP contribution in [0.5, 0.6) is 0 Å². The van der Waals surface area contributed by atoms with Crippen LogP contribution in [0.15, 0.2) is 92.2 Å². The van der Waals surface area contributed by atoms with Crippen LogP contribution >= 0.6 is 11.3 Å². The summed E-state index contributed by atoms with van der Waals surface area (Å²) in [6, 6.07) is 17.8. The van der Waals surface area contributed by atoms with Crippen LogP contribution in [0.1, 0.15) is 40.9 Å². The van der Waals surface area contributed by atoms with Crippen LogP contribution in [0, 0.1) is 11.3 Å². The largest absolute Gasteiger partial charge is 0.469 e. The number of amidine groups is 1. The second-order valence-electron chi connectivity index (χ2n) is 8.05. The van der Waals surface area contributed by atoms with Crippen LogP contribution in [0.3, 0.4) is 0 Å². The number of hydrogen-bond donors (Lipinski definition) is 1. The molecular weight excluding hydrogens is 420 g/mol. The van der Waals surface area contributed by atoms with Crippen molar-refractivity contribution in [1.29, 1.82) is 5.26 Å². The number of para-hydroxylation sites is 1. The lowest BCUT2D eigenvalue weighted by atomic mass is 9.74. The maximum absolute atomic E-state index is 13.6. The van der Waals surface area contributed by atoms with Crippen molar-refractivity contribution < 1.29 is 9.21 Å². The number of allylic oxidation sites excluding steroid dienone is 3. The lowest BCUT2D eigenvalue weighted by molar-refractivity contribution is -0.116. The number of nitriles is 1. The summed E-state index contributed by atoms with van der Waals surface area (Å²) in [4.78, 5) is 21.2. The Balaban J connectivity index is 1.63. The van der Waals surface area contributed by atoms with Crippen molar-refractivity contribution in [2.75, 3.05) is 4.90 Å². The number of carbonyl (C=O) groups is 1. The highest BCUT2D eigenvalue weighted by Crippen LogP contribution is 2.52. The highest BCUT2D eigenvalue weighted by molar-refractivity contribution is 7.10. The maximum Gasteiger partial charge on any atom is 0.162 e. The molecule has 0 amide bonds. The first-order valence-corrected chi connectivity index (χ1v) is 11.3. The van der Waals surface area contributed by atoms with Gasteiger partial charge in [-0.25, -0.2) is 4.99 Å². The first-order chi connectivity index (χ1) is 15.7. The molecule has 6 nitrogen and oxygen atoms in total. The van der Waals surface area contributed by atoms with Gasteiger partial charge in [0.05, 0.1) is 29.5 Å². The molecule has 0 radical (unpaired) electrons. The summed E-state index contributed by atoms with van der Waals surface area (Å²) in [5, 5.41) is 12.2. The quantitative estimate of drug-likeness (QED) is 0.620. The van der Waals surface area contributed by atoms with Gasteiger partial charge in [0, 0.05) is 34.0 Å². The summed E-state index contributed by atoms with van der Waals surface area (Å²) >= 11 is 1.54. The van der Waals surface area contributed by atoms with E-state index in [0.717, 1.165) is 27.6 Å². The Morgan fingerprint density at radius 3 is 2.78 bits per heavy atom. The Bertz CT molecular complexity index is 1370. The summed E-state index contributed by atoms with van der Waals surface area (Å²) in [6.07, 6.45) is 2.60. The molecule has 7 heteroatoms. The number of nitrogens with zero attached hydrogens (tertiary/aromatic N) is 3. The molecule has 0 bridgehead atoms. The number of aliphatic imine (C=N–C) groups is 1. The minimum absolute atomic E-state index is 0.0397. The van der Waals surface area contributed by atoms with Crippen LogP contribution in [-0.2, 0) is 4.79 Å². The Morgan fingerprint density at radius 1 is 1.16 bits per heavy atom. The van der Waals surface area contributed by atoms with E-state index >= 15 is 0 Å². The number of rotatable bonds is 2. The number of thiophene rings is 1. The molecule has 6 rings (SSSR count). The number of furan rings is 1. The van der Waals surface area contributed by atoms with E-state index < -0.39 is 5.92 Å². The fourth-order valence-corrected chi connectivity index (χ4v) is 5.82. The number of benzene rings is 1. The Morgan fingerprint density at radius 2 is 2.03 bits per heavy atom. The summed E-state index contributed by atoms with van der Waals surface area (Å²) in [5.74, 6) is 1.21. The highest BCUT2D eigenvalue weighted by Gasteiger charge is 2.45. The van der Waals surface area contributed by atoms with Gasteiger partial charge in [-0.15, -0.1) is 11.3 Å². The third kappa shape index (κ3) is 2.63. The number of carbonyl (C=O) groups excluding carboxylic acids is 1. The number of ketones is 1. The first-order valence-electron chi connectivity index (χ1n) is 10.4. The molecule has 2 aliphatic heterocycles. The smallest absolute Gasteiger partial charge is 0.162 e. The fourth-order valence-electron chi connectivity index (χ4n) is 4.98. The monoisotopic (exact) mass is 438 g/mol. The molecule has 0 saturated heterocycles. The van der Waals surface area contributed by atoms with E-state index in [2.05, 4.69) is 11.1 Å². The third-order valence-electron chi connectivity index (χ3n) is 6.32. The van der Waals surface area contributed by atoms with E-state index in [1.807, 2.05) is 58.8 Å². The molecule has 156 valence electrons. The maximum atomic E-state index is 13.6. The van der Waals surface area contributed by atoms with Gasteiger partial charge in [-0.1, -0.05) is 18.2 Å². The average Bonchev–Trinajstić information content (AvgIpc) is 3.52. The normalized spacial score (nSPS) is 22.2. The molecule has 0 unspecified atom stereocenters. The Labute approximate surface area is 188 Å². The second kappa shape index (κ2) is 7.08. The molecule has 32 heavy (non-hydrogen) atoms. The summed E-state index contributed by atoms with van der Waals surface area (Å²) in [7, 11) is 0. The zero-order valence-corrected chi connectivity index (χ0v) is 17.8. The molecule has 2 N–H and O–H groups in total. The molecule has 2 aromatic heterocycles. The Kier molecular flexibility index (Phi) is 4.17. The number of hydrogen-bond acceptors (Lipinski definition) is 7. The van der Waals surface area contributed by atoms with Crippen molar-refractivity contribution in [3.05, 3.63) is 99.0 Å². The van der Waals surface area contributed by atoms with Gasteiger partial charge in [0.25, 0.3) is 0 Å². The summed E-state index contributed by atoms with van der Waals surface area (Å²) in [5.41, 5.74) is 9.96. The zero-order valence-electron chi connectivity index (χ0n) is 17.0. The molecule has 3 aromatic rings. The van der Waals surface area contributed by atoms with Gasteiger partial charge in [0.15, 0.2) is 11.6 Å². The van der Waals surface area contributed by atoms with Gasteiger partial charge in [0.1, 0.15) is 11.6 Å². The van der Waals surface area contributed by atoms with E-state index in [1.165, 1.54) is 0 Å². The van der Waals surface area contributed by atoms with Crippen LogP contribution in [0.2, 0.25) is 0 Å². The molecule has 0 saturated carbocycles. The van der Waals surface area contributed by atoms with E-state index in [9.17, 15) is 10.1 Å². The number of fused-ring (bicyclic) bond motifs is 4. The lowest BCUT2D eigenvalue weighted by Gasteiger charge is -2.42. The molecule has 0 fully saturated rings. The topological polar surface area (TPSA) is 95.6 Å². The van der Waals surface area contributed by atoms with Crippen molar-refractivity contribution in [3.63, 3.8) is 0 Å². The van der Waals surface area contributed by atoms with Gasteiger partial charge >= 0.3 is 0 Å². The highest BCUT2D eigenvalue weighted by atomic mass is 32.1. The second-order valence-corrected chi connectivity index (χ2v) is 9.03. The average molecular weight is 439 g/mol. The van der Waals surface area contributed by atoms with Crippen LogP contribution in [-0.4, -0.2) is 11.6 Å². The van der Waals surface area contributed by atoms with Gasteiger partial charge in [-0.05, 0) is 42.1 Å². The number of anilines is 1. The van der Waals surface area contributed by atoms with Crippen molar-refractivity contribution >= 4 is 28.6 Å². The van der Waals surface area contributed by atoms with Gasteiger partial charge in [-0.3, -0.25) is 9.69 Å². The van der Waals surface area contributed by atoms with Crippen molar-refractivity contribution in [3.8, 4) is 6.07 Å². The van der Waals surface area contributed by atoms with E-state index in [4.69, 9.17) is 10.2 Å². The molecule has 1 aliphatic carbocycles. The van der Waals surface area contributed by atoms with Gasteiger partial charge in [0.2, 0.25) is 0 Å². The Hall–Kier alpha value is -3.89. The van der Waals surface area contributed by atoms with Crippen molar-refractivity contribution in [2.45, 2.75) is 24.7 Å². The molecule has 0 spiro atoms. The van der Waals surface area contributed by atoms with Crippen LogP contribution in [0.4, 0.5) is 5.69 Å². The van der Waals surface area contributed by atoms with E-state index in [-0.39, 0.29) is 11.7 Å². The third-order valence-corrected chi connectivity index (χ3v) is 7.26. The van der Waals surface area contributed by atoms with Crippen molar-refractivity contribution in [1.82, 2.24) is 0 Å². The minimum Gasteiger partial charge on any atom is -0.469 e. The SMILES string of the molecule is N#CC1=C2N=C(N)c3ccccc3N2C2=C(C(=O)C[C@@H](c3ccco3)C2)[C@@H]1c1cccs1. The predicted molar refractivity (Wildman–Crippen MR) is 122 cm³/mol. The summed E-state index contributed by atoms with van der Waals surface area (Å²) in [6.45, 7) is 0. The van der Waals surface area contributed by atoms with Crippen LogP contribution in [0.25, 0.3) is 0 Å². The van der Waals surface area contributed by atoms with E-state index in [0.29, 0.717) is 35.6 Å².